The zero-order chi connectivity index (χ0) is 15.4. The fourth-order valence-electron chi connectivity index (χ4n) is 1.79. The van der Waals surface area contributed by atoms with E-state index in [0.29, 0.717) is 11.1 Å². The molecule has 0 aliphatic heterocycles. The summed E-state index contributed by atoms with van der Waals surface area (Å²) >= 11 is 0. The van der Waals surface area contributed by atoms with Gasteiger partial charge in [-0.1, -0.05) is 26.0 Å². The van der Waals surface area contributed by atoms with Crippen LogP contribution in [-0.4, -0.2) is 16.9 Å². The maximum Gasteiger partial charge on any atom is 0.272 e. The molecule has 0 aromatic heterocycles. The van der Waals surface area contributed by atoms with Crippen LogP contribution < -0.4 is 11.1 Å². The summed E-state index contributed by atoms with van der Waals surface area (Å²) in [6, 6.07) is 4.03. The molecule has 0 bridgehead atoms. The summed E-state index contributed by atoms with van der Waals surface area (Å²) in [5, 5.41) is 13.7. The maximum atomic E-state index is 11.9. The van der Waals surface area contributed by atoms with Crippen molar-refractivity contribution in [1.29, 1.82) is 0 Å². The van der Waals surface area contributed by atoms with E-state index in [4.69, 9.17) is 5.73 Å². The van der Waals surface area contributed by atoms with E-state index in [-0.39, 0.29) is 23.6 Å². The molecule has 0 aliphatic rings. The number of nitrogens with one attached hydrogen (secondary N) is 1. The molecule has 0 saturated carbocycles. The number of nitrogens with zero attached hydrogens (tertiary/aromatic N) is 1. The van der Waals surface area contributed by atoms with Crippen molar-refractivity contribution in [1.82, 2.24) is 5.32 Å². The molecule has 1 amide bonds. The van der Waals surface area contributed by atoms with Gasteiger partial charge in [0, 0.05) is 11.6 Å². The van der Waals surface area contributed by atoms with Crippen LogP contribution in [0, 0.1) is 23.0 Å². The highest BCUT2D eigenvalue weighted by molar-refractivity contribution is 5.82. The molecule has 0 aliphatic carbocycles. The van der Waals surface area contributed by atoms with Crippen LogP contribution in [0.5, 0.6) is 0 Å². The molecule has 3 N–H and O–H groups in total. The van der Waals surface area contributed by atoms with Gasteiger partial charge in [-0.2, -0.15) is 0 Å². The fourth-order valence-corrected chi connectivity index (χ4v) is 1.79. The Morgan fingerprint density at radius 3 is 2.45 bits per heavy atom. The SMILES string of the molecule is Cc1ccc(C(C)NC(=O)[C@@H](N)C(C)C)cc1[N+](=O)[O-]. The molecule has 110 valence electrons. The van der Waals surface area contributed by atoms with Crippen LogP contribution in [0.1, 0.15) is 37.9 Å². The zero-order valence-corrected chi connectivity index (χ0v) is 12.2. The second-order valence-corrected chi connectivity index (χ2v) is 5.30. The van der Waals surface area contributed by atoms with Crippen molar-refractivity contribution in [2.75, 3.05) is 0 Å². The quantitative estimate of drug-likeness (QED) is 0.636. The van der Waals surface area contributed by atoms with Gasteiger partial charge in [0.05, 0.1) is 17.0 Å². The summed E-state index contributed by atoms with van der Waals surface area (Å²) in [5.74, 6) is -0.217. The molecule has 0 saturated heterocycles. The number of hydrogen-bond acceptors (Lipinski definition) is 4. The standard InChI is InChI=1S/C14H21N3O3/c1-8(2)13(15)14(18)16-10(4)11-6-5-9(3)12(7-11)17(19)20/h5-8,10,13H,15H2,1-4H3,(H,16,18)/t10?,13-/m0/s1. The Hall–Kier alpha value is -1.95. The number of rotatable bonds is 5. The minimum atomic E-state index is -0.585. The summed E-state index contributed by atoms with van der Waals surface area (Å²) in [7, 11) is 0. The Balaban J connectivity index is 2.88. The topological polar surface area (TPSA) is 98.3 Å². The fraction of sp³-hybridized carbons (Fsp3) is 0.500. The van der Waals surface area contributed by atoms with Crippen LogP contribution in [0.4, 0.5) is 5.69 Å². The molecule has 20 heavy (non-hydrogen) atoms. The van der Waals surface area contributed by atoms with Gasteiger partial charge in [0.15, 0.2) is 0 Å². The van der Waals surface area contributed by atoms with Crippen LogP contribution in [0.2, 0.25) is 0 Å². The number of nitro groups is 1. The van der Waals surface area contributed by atoms with Gasteiger partial charge in [-0.3, -0.25) is 14.9 Å². The second-order valence-electron chi connectivity index (χ2n) is 5.30. The molecular weight excluding hydrogens is 258 g/mol. The monoisotopic (exact) mass is 279 g/mol. The van der Waals surface area contributed by atoms with Crippen LogP contribution >= 0.6 is 0 Å². The number of carbonyl (C=O) groups is 1. The Kier molecular flexibility index (Phi) is 5.21. The predicted octanol–water partition coefficient (Wildman–Crippen LogP) is 2.06. The van der Waals surface area contributed by atoms with Gasteiger partial charge in [-0.25, -0.2) is 0 Å². The maximum absolute atomic E-state index is 11.9. The minimum Gasteiger partial charge on any atom is -0.348 e. The average molecular weight is 279 g/mol. The van der Waals surface area contributed by atoms with Gasteiger partial charge in [0.2, 0.25) is 5.91 Å². The first-order chi connectivity index (χ1) is 9.23. The van der Waals surface area contributed by atoms with Gasteiger partial charge in [-0.05, 0) is 25.3 Å². The van der Waals surface area contributed by atoms with Gasteiger partial charge in [0.25, 0.3) is 5.69 Å². The van der Waals surface area contributed by atoms with Gasteiger partial charge in [0.1, 0.15) is 0 Å². The van der Waals surface area contributed by atoms with E-state index >= 15 is 0 Å². The molecule has 0 spiro atoms. The van der Waals surface area contributed by atoms with Crippen LogP contribution in [0.25, 0.3) is 0 Å². The first-order valence-electron chi connectivity index (χ1n) is 6.55. The number of amides is 1. The number of nitrogens with two attached hydrogens (primary N) is 1. The van der Waals surface area contributed by atoms with E-state index < -0.39 is 11.0 Å². The van der Waals surface area contributed by atoms with Gasteiger partial charge >= 0.3 is 0 Å². The molecule has 2 atom stereocenters. The average Bonchev–Trinajstić information content (AvgIpc) is 2.37. The summed E-state index contributed by atoms with van der Waals surface area (Å²) < 4.78 is 0. The number of benzene rings is 1. The largest absolute Gasteiger partial charge is 0.348 e. The zero-order valence-electron chi connectivity index (χ0n) is 12.2. The summed E-state index contributed by atoms with van der Waals surface area (Å²) in [4.78, 5) is 22.4. The molecule has 6 nitrogen and oxygen atoms in total. The highest BCUT2D eigenvalue weighted by atomic mass is 16.6. The molecule has 0 radical (unpaired) electrons. The Morgan fingerprint density at radius 1 is 1.35 bits per heavy atom. The number of hydrogen-bond donors (Lipinski definition) is 2. The van der Waals surface area contributed by atoms with Crippen LogP contribution in [0.15, 0.2) is 18.2 Å². The molecule has 1 aromatic rings. The van der Waals surface area contributed by atoms with E-state index in [9.17, 15) is 14.9 Å². The highest BCUT2D eigenvalue weighted by Crippen LogP contribution is 2.23. The van der Waals surface area contributed by atoms with E-state index in [2.05, 4.69) is 5.32 Å². The molecule has 1 rings (SSSR count). The minimum absolute atomic E-state index is 0.0366. The lowest BCUT2D eigenvalue weighted by Gasteiger charge is -2.20. The van der Waals surface area contributed by atoms with Crippen LogP contribution in [-0.2, 0) is 4.79 Å². The summed E-state index contributed by atoms with van der Waals surface area (Å²) in [6.07, 6.45) is 0. The molecule has 0 heterocycles. The highest BCUT2D eigenvalue weighted by Gasteiger charge is 2.20. The molecule has 6 heteroatoms. The van der Waals surface area contributed by atoms with Crippen molar-refractivity contribution in [3.05, 3.63) is 39.4 Å². The summed E-state index contributed by atoms with van der Waals surface area (Å²) in [6.45, 7) is 7.19. The van der Waals surface area contributed by atoms with E-state index in [0.717, 1.165) is 0 Å². The van der Waals surface area contributed by atoms with Crippen molar-refractivity contribution in [2.24, 2.45) is 11.7 Å². The number of nitro benzene ring substituents is 1. The number of aryl methyl sites for hydroxylation is 1. The second kappa shape index (κ2) is 6.47. The Morgan fingerprint density at radius 2 is 1.95 bits per heavy atom. The molecule has 0 fully saturated rings. The van der Waals surface area contributed by atoms with Crippen LogP contribution in [0.3, 0.4) is 0 Å². The van der Waals surface area contributed by atoms with E-state index in [1.807, 2.05) is 13.8 Å². The lowest BCUT2D eigenvalue weighted by molar-refractivity contribution is -0.385. The lowest BCUT2D eigenvalue weighted by Crippen LogP contribution is -2.44. The third kappa shape index (κ3) is 3.77. The number of carbonyl (C=O) groups excluding carboxylic acids is 1. The third-order valence-corrected chi connectivity index (χ3v) is 3.31. The smallest absolute Gasteiger partial charge is 0.272 e. The summed E-state index contributed by atoms with van der Waals surface area (Å²) in [5.41, 5.74) is 7.10. The molecule has 1 unspecified atom stereocenters. The van der Waals surface area contributed by atoms with Crippen molar-refractivity contribution in [2.45, 2.75) is 39.8 Å². The lowest BCUT2D eigenvalue weighted by atomic mass is 10.0. The van der Waals surface area contributed by atoms with E-state index in [1.165, 1.54) is 6.07 Å². The first kappa shape index (κ1) is 16.1. The van der Waals surface area contributed by atoms with Gasteiger partial charge in [-0.15, -0.1) is 0 Å². The van der Waals surface area contributed by atoms with Gasteiger partial charge < -0.3 is 11.1 Å². The van der Waals surface area contributed by atoms with Crippen molar-refractivity contribution in [3.8, 4) is 0 Å². The Labute approximate surface area is 118 Å². The normalized spacial score (nSPS) is 13.9. The van der Waals surface area contributed by atoms with Crippen molar-refractivity contribution in [3.63, 3.8) is 0 Å². The van der Waals surface area contributed by atoms with E-state index in [1.54, 1.807) is 26.0 Å². The molecule has 1 aromatic carbocycles. The molecular formula is C14H21N3O3. The first-order valence-corrected chi connectivity index (χ1v) is 6.55. The Bertz CT molecular complexity index is 514. The van der Waals surface area contributed by atoms with Crippen molar-refractivity contribution >= 4 is 11.6 Å². The van der Waals surface area contributed by atoms with Crippen molar-refractivity contribution < 1.29 is 9.72 Å². The third-order valence-electron chi connectivity index (χ3n) is 3.31. The predicted molar refractivity (Wildman–Crippen MR) is 77.2 cm³/mol.